The predicted octanol–water partition coefficient (Wildman–Crippen LogP) is 0.939. The lowest BCUT2D eigenvalue weighted by Gasteiger charge is -1.98. The lowest BCUT2D eigenvalue weighted by Crippen LogP contribution is -2.07. The number of pyridine rings is 1. The van der Waals surface area contributed by atoms with E-state index in [4.69, 9.17) is 0 Å². The summed E-state index contributed by atoms with van der Waals surface area (Å²) in [7, 11) is 1.16. The third-order valence-electron chi connectivity index (χ3n) is 1.14. The molecule has 1 rings (SSSR count). The second-order valence-electron chi connectivity index (χ2n) is 1.88. The Morgan fingerprint density at radius 3 is 3.00 bits per heavy atom. The average Bonchev–Trinajstić information content (AvgIpc) is 2.05. The van der Waals surface area contributed by atoms with E-state index < -0.39 is 11.9 Å². The van der Waals surface area contributed by atoms with E-state index in [0.29, 0.717) is 0 Å². The molecular weight excluding hydrogens is 165 g/mol. The summed E-state index contributed by atoms with van der Waals surface area (Å²) in [5.41, 5.74) is -0.251. The minimum absolute atomic E-state index is 0.251. The van der Waals surface area contributed by atoms with Gasteiger partial charge in [0.1, 0.15) is 5.56 Å². The summed E-state index contributed by atoms with van der Waals surface area (Å²) in [5.74, 6) is -1.78. The molecule has 0 amide bonds. The van der Waals surface area contributed by atoms with Crippen LogP contribution in [0.4, 0.5) is 4.39 Å². The molecule has 0 aromatic carbocycles. The van der Waals surface area contributed by atoms with Crippen molar-refractivity contribution in [2.75, 3.05) is 7.11 Å². The summed E-state index contributed by atoms with van der Waals surface area (Å²) >= 11 is 0. The highest BCUT2D eigenvalue weighted by atomic mass is 19.1. The Labute approximate surface area is 67.9 Å². The number of halogens is 1. The van der Waals surface area contributed by atoms with Gasteiger partial charge in [-0.2, -0.15) is 9.28 Å². The molecule has 64 valence electrons. The van der Waals surface area contributed by atoms with Gasteiger partial charge in [0.25, 0.3) is 0 Å². The van der Waals surface area contributed by atoms with Gasteiger partial charge in [-0.1, -0.05) is 0 Å². The van der Waals surface area contributed by atoms with Crippen molar-refractivity contribution < 1.29 is 19.0 Å². The fourth-order valence-corrected chi connectivity index (χ4v) is 0.659. The highest BCUT2D eigenvalue weighted by Gasteiger charge is 2.13. The van der Waals surface area contributed by atoms with Crippen LogP contribution < -0.4 is 0 Å². The number of rotatable bonds is 2. The van der Waals surface area contributed by atoms with E-state index in [0.717, 1.165) is 7.11 Å². The Hall–Kier alpha value is -1.49. The maximum atomic E-state index is 12.7. The van der Waals surface area contributed by atoms with Crippen LogP contribution in [0.3, 0.4) is 0 Å². The van der Waals surface area contributed by atoms with Crippen molar-refractivity contribution in [2.24, 2.45) is 0 Å². The highest BCUT2D eigenvalue weighted by molar-refractivity contribution is 5.88. The molecule has 0 bridgehead atoms. The third kappa shape index (κ3) is 1.76. The van der Waals surface area contributed by atoms with Crippen LogP contribution >= 0.6 is 0 Å². The van der Waals surface area contributed by atoms with Gasteiger partial charge < -0.3 is 0 Å². The molecule has 0 saturated carbocycles. The van der Waals surface area contributed by atoms with Crippen LogP contribution in [-0.4, -0.2) is 18.1 Å². The predicted molar refractivity (Wildman–Crippen MR) is 36.6 cm³/mol. The third-order valence-corrected chi connectivity index (χ3v) is 1.14. The van der Waals surface area contributed by atoms with Crippen molar-refractivity contribution in [3.8, 4) is 0 Å². The van der Waals surface area contributed by atoms with E-state index >= 15 is 0 Å². The molecule has 1 aromatic rings. The SMILES string of the molecule is COOC(=O)c1cccnc1F. The monoisotopic (exact) mass is 171 g/mol. The van der Waals surface area contributed by atoms with E-state index in [9.17, 15) is 9.18 Å². The summed E-state index contributed by atoms with van der Waals surface area (Å²) in [4.78, 5) is 22.3. The fourth-order valence-electron chi connectivity index (χ4n) is 0.659. The first kappa shape index (κ1) is 8.61. The van der Waals surface area contributed by atoms with Crippen molar-refractivity contribution in [3.63, 3.8) is 0 Å². The lowest BCUT2D eigenvalue weighted by atomic mass is 10.3. The number of hydrogen-bond donors (Lipinski definition) is 0. The Kier molecular flexibility index (Phi) is 2.71. The van der Waals surface area contributed by atoms with E-state index in [-0.39, 0.29) is 5.56 Å². The van der Waals surface area contributed by atoms with Crippen LogP contribution in [0.25, 0.3) is 0 Å². The maximum absolute atomic E-state index is 12.7. The average molecular weight is 171 g/mol. The molecule has 12 heavy (non-hydrogen) atoms. The van der Waals surface area contributed by atoms with Crippen molar-refractivity contribution in [1.82, 2.24) is 4.98 Å². The summed E-state index contributed by atoms with van der Waals surface area (Å²) < 4.78 is 12.7. The maximum Gasteiger partial charge on any atom is 0.377 e. The molecule has 0 atom stereocenters. The molecule has 0 aliphatic carbocycles. The molecule has 0 unspecified atom stereocenters. The highest BCUT2D eigenvalue weighted by Crippen LogP contribution is 2.04. The van der Waals surface area contributed by atoms with Gasteiger partial charge in [0.15, 0.2) is 0 Å². The van der Waals surface area contributed by atoms with Gasteiger partial charge in [-0.05, 0) is 12.1 Å². The largest absolute Gasteiger partial charge is 0.377 e. The molecule has 0 fully saturated rings. The van der Waals surface area contributed by atoms with Gasteiger partial charge in [-0.25, -0.2) is 9.78 Å². The first-order valence-corrected chi connectivity index (χ1v) is 3.11. The topological polar surface area (TPSA) is 48.4 Å². The molecule has 5 heteroatoms. The minimum atomic E-state index is -0.900. The van der Waals surface area contributed by atoms with Gasteiger partial charge in [0.2, 0.25) is 5.95 Å². The van der Waals surface area contributed by atoms with Gasteiger partial charge in [0.05, 0.1) is 7.11 Å². The summed E-state index contributed by atoms with van der Waals surface area (Å²) in [6.45, 7) is 0. The molecular formula is C7H6FNO3. The number of carbonyl (C=O) groups excluding carboxylic acids is 1. The van der Waals surface area contributed by atoms with Crippen molar-refractivity contribution in [2.45, 2.75) is 0 Å². The second-order valence-corrected chi connectivity index (χ2v) is 1.88. The Morgan fingerprint density at radius 1 is 1.67 bits per heavy atom. The van der Waals surface area contributed by atoms with Gasteiger partial charge in [-0.15, -0.1) is 0 Å². The van der Waals surface area contributed by atoms with E-state index in [1.807, 2.05) is 0 Å². The molecule has 1 aromatic heterocycles. The first-order chi connectivity index (χ1) is 5.75. The molecule has 4 nitrogen and oxygen atoms in total. The van der Waals surface area contributed by atoms with Gasteiger partial charge in [-0.3, -0.25) is 4.89 Å². The zero-order chi connectivity index (χ0) is 8.97. The Bertz CT molecular complexity index is 290. The smallest absolute Gasteiger partial charge is 0.293 e. The Morgan fingerprint density at radius 2 is 2.42 bits per heavy atom. The van der Waals surface area contributed by atoms with Crippen LogP contribution in [0.1, 0.15) is 10.4 Å². The Balaban J connectivity index is 2.87. The molecule has 0 aliphatic rings. The zero-order valence-electron chi connectivity index (χ0n) is 6.28. The fraction of sp³-hybridized carbons (Fsp3) is 0.143. The van der Waals surface area contributed by atoms with Crippen LogP contribution in [0.2, 0.25) is 0 Å². The van der Waals surface area contributed by atoms with Crippen LogP contribution in [-0.2, 0) is 9.78 Å². The second kappa shape index (κ2) is 3.77. The molecule has 0 N–H and O–H groups in total. The number of aromatic nitrogens is 1. The molecule has 0 radical (unpaired) electrons. The molecule has 1 heterocycles. The number of hydrogen-bond acceptors (Lipinski definition) is 4. The summed E-state index contributed by atoms with van der Waals surface area (Å²) in [5, 5.41) is 0. The minimum Gasteiger partial charge on any atom is -0.293 e. The van der Waals surface area contributed by atoms with Gasteiger partial charge >= 0.3 is 5.97 Å². The quantitative estimate of drug-likeness (QED) is 0.377. The summed E-state index contributed by atoms with van der Waals surface area (Å²) in [6, 6.07) is 2.68. The van der Waals surface area contributed by atoms with E-state index in [1.165, 1.54) is 18.3 Å². The summed E-state index contributed by atoms with van der Waals surface area (Å²) in [6.07, 6.45) is 1.24. The zero-order valence-corrected chi connectivity index (χ0v) is 6.28. The molecule has 0 aliphatic heterocycles. The first-order valence-electron chi connectivity index (χ1n) is 3.11. The molecule has 0 spiro atoms. The van der Waals surface area contributed by atoms with E-state index in [1.54, 1.807) is 0 Å². The van der Waals surface area contributed by atoms with Crippen molar-refractivity contribution in [3.05, 3.63) is 29.8 Å². The normalized spacial score (nSPS) is 9.50. The van der Waals surface area contributed by atoms with E-state index in [2.05, 4.69) is 14.8 Å². The van der Waals surface area contributed by atoms with Crippen molar-refractivity contribution >= 4 is 5.97 Å². The number of nitrogens with zero attached hydrogens (tertiary/aromatic N) is 1. The standard InChI is InChI=1S/C7H6FNO3/c1-11-12-7(10)5-3-2-4-9-6(5)8/h2-4H,1H3. The van der Waals surface area contributed by atoms with Crippen LogP contribution in [0.5, 0.6) is 0 Å². The number of carbonyl (C=O) groups is 1. The van der Waals surface area contributed by atoms with Crippen molar-refractivity contribution in [1.29, 1.82) is 0 Å². The van der Waals surface area contributed by atoms with Gasteiger partial charge in [0, 0.05) is 6.20 Å². The van der Waals surface area contributed by atoms with Crippen LogP contribution in [0.15, 0.2) is 18.3 Å². The van der Waals surface area contributed by atoms with Crippen LogP contribution in [0, 0.1) is 5.95 Å². The molecule has 0 saturated heterocycles. The lowest BCUT2D eigenvalue weighted by molar-refractivity contribution is -0.216.